The van der Waals surface area contributed by atoms with Gasteiger partial charge in [0.05, 0.1) is 0 Å². The normalized spacial score (nSPS) is 27.7. The SMILES string of the molecule is CC(C)c1ccc(C2(N)CCCC(C(C)(C)C)CC2)cc1. The molecule has 118 valence electrons. The average Bonchev–Trinajstić information content (AvgIpc) is 2.61. The molecule has 0 aromatic heterocycles. The van der Waals surface area contributed by atoms with Gasteiger partial charge in [0.2, 0.25) is 0 Å². The summed E-state index contributed by atoms with van der Waals surface area (Å²) in [4.78, 5) is 0. The van der Waals surface area contributed by atoms with E-state index in [1.807, 2.05) is 0 Å². The summed E-state index contributed by atoms with van der Waals surface area (Å²) < 4.78 is 0. The van der Waals surface area contributed by atoms with E-state index in [0.29, 0.717) is 11.3 Å². The van der Waals surface area contributed by atoms with Gasteiger partial charge in [0.25, 0.3) is 0 Å². The van der Waals surface area contributed by atoms with Crippen molar-refractivity contribution in [2.45, 2.75) is 78.2 Å². The molecule has 0 saturated heterocycles. The van der Waals surface area contributed by atoms with E-state index in [1.54, 1.807) is 0 Å². The largest absolute Gasteiger partial charge is 0.321 e. The molecule has 21 heavy (non-hydrogen) atoms. The van der Waals surface area contributed by atoms with Gasteiger partial charge in [-0.3, -0.25) is 0 Å². The van der Waals surface area contributed by atoms with Crippen molar-refractivity contribution >= 4 is 0 Å². The molecule has 2 unspecified atom stereocenters. The zero-order valence-electron chi connectivity index (χ0n) is 14.6. The lowest BCUT2D eigenvalue weighted by Gasteiger charge is -2.32. The summed E-state index contributed by atoms with van der Waals surface area (Å²) in [6, 6.07) is 9.07. The topological polar surface area (TPSA) is 26.0 Å². The van der Waals surface area contributed by atoms with Crippen LogP contribution in [0.15, 0.2) is 24.3 Å². The quantitative estimate of drug-likeness (QED) is 0.705. The first-order chi connectivity index (χ1) is 9.72. The summed E-state index contributed by atoms with van der Waals surface area (Å²) in [5.41, 5.74) is 9.85. The highest BCUT2D eigenvalue weighted by atomic mass is 14.7. The van der Waals surface area contributed by atoms with Crippen molar-refractivity contribution < 1.29 is 0 Å². The van der Waals surface area contributed by atoms with E-state index in [9.17, 15) is 0 Å². The first-order valence-electron chi connectivity index (χ1n) is 8.62. The Bertz CT molecular complexity index is 452. The summed E-state index contributed by atoms with van der Waals surface area (Å²) in [5, 5.41) is 0. The highest BCUT2D eigenvalue weighted by Crippen LogP contribution is 2.42. The number of benzene rings is 1. The second-order valence-corrected chi connectivity index (χ2v) is 8.43. The van der Waals surface area contributed by atoms with E-state index in [4.69, 9.17) is 5.73 Å². The summed E-state index contributed by atoms with van der Waals surface area (Å²) in [7, 11) is 0. The molecular formula is C20H33N. The molecule has 0 radical (unpaired) electrons. The maximum atomic E-state index is 6.81. The van der Waals surface area contributed by atoms with Crippen LogP contribution >= 0.6 is 0 Å². The molecule has 1 saturated carbocycles. The van der Waals surface area contributed by atoms with Gasteiger partial charge < -0.3 is 5.73 Å². The molecule has 2 N–H and O–H groups in total. The summed E-state index contributed by atoms with van der Waals surface area (Å²) >= 11 is 0. The van der Waals surface area contributed by atoms with Crippen LogP contribution in [0.2, 0.25) is 0 Å². The molecule has 1 aliphatic carbocycles. The van der Waals surface area contributed by atoms with Gasteiger partial charge in [-0.1, -0.05) is 65.3 Å². The lowest BCUT2D eigenvalue weighted by Crippen LogP contribution is -2.36. The summed E-state index contributed by atoms with van der Waals surface area (Å²) in [6.45, 7) is 11.6. The van der Waals surface area contributed by atoms with Crippen LogP contribution in [0.25, 0.3) is 0 Å². The van der Waals surface area contributed by atoms with Crippen LogP contribution in [-0.2, 0) is 5.54 Å². The molecule has 1 aromatic carbocycles. The summed E-state index contributed by atoms with van der Waals surface area (Å²) in [6.07, 6.45) is 6.08. The Hall–Kier alpha value is -0.820. The standard InChI is InChI=1S/C20H33N/c1-15(2)16-8-10-18(11-9-16)20(21)13-6-7-17(12-14-20)19(3,4)5/h8-11,15,17H,6-7,12-14,21H2,1-5H3. The molecule has 0 amide bonds. The summed E-state index contributed by atoms with van der Waals surface area (Å²) in [5.74, 6) is 1.39. The third-order valence-electron chi connectivity index (χ3n) is 5.49. The van der Waals surface area contributed by atoms with Gasteiger partial charge in [0.15, 0.2) is 0 Å². The Morgan fingerprint density at radius 2 is 1.67 bits per heavy atom. The number of rotatable bonds is 2. The number of nitrogens with two attached hydrogens (primary N) is 1. The fourth-order valence-electron chi connectivity index (χ4n) is 3.72. The second-order valence-electron chi connectivity index (χ2n) is 8.43. The average molecular weight is 287 g/mol. The van der Waals surface area contributed by atoms with Crippen molar-refractivity contribution in [1.29, 1.82) is 0 Å². The second kappa shape index (κ2) is 6.12. The van der Waals surface area contributed by atoms with Crippen molar-refractivity contribution in [3.05, 3.63) is 35.4 Å². The van der Waals surface area contributed by atoms with Crippen LogP contribution in [0.4, 0.5) is 0 Å². The highest BCUT2D eigenvalue weighted by Gasteiger charge is 2.34. The zero-order valence-corrected chi connectivity index (χ0v) is 14.6. The fraction of sp³-hybridized carbons (Fsp3) is 0.700. The number of hydrogen-bond acceptors (Lipinski definition) is 1. The fourth-order valence-corrected chi connectivity index (χ4v) is 3.72. The molecule has 2 rings (SSSR count). The molecule has 0 spiro atoms. The van der Waals surface area contributed by atoms with Gasteiger partial charge in [-0.05, 0) is 54.1 Å². The van der Waals surface area contributed by atoms with Crippen molar-refractivity contribution in [2.24, 2.45) is 17.1 Å². The van der Waals surface area contributed by atoms with E-state index in [0.717, 1.165) is 18.8 Å². The van der Waals surface area contributed by atoms with Crippen LogP contribution in [-0.4, -0.2) is 0 Å². The first-order valence-corrected chi connectivity index (χ1v) is 8.62. The van der Waals surface area contributed by atoms with Gasteiger partial charge in [-0.25, -0.2) is 0 Å². The van der Waals surface area contributed by atoms with Crippen molar-refractivity contribution in [3.8, 4) is 0 Å². The maximum Gasteiger partial charge on any atom is 0.0409 e. The predicted molar refractivity (Wildman–Crippen MR) is 92.4 cm³/mol. The minimum absolute atomic E-state index is 0.116. The number of hydrogen-bond donors (Lipinski definition) is 1. The van der Waals surface area contributed by atoms with Crippen molar-refractivity contribution in [1.82, 2.24) is 0 Å². The molecule has 2 atom stereocenters. The van der Waals surface area contributed by atoms with E-state index < -0.39 is 0 Å². The van der Waals surface area contributed by atoms with Crippen molar-refractivity contribution in [3.63, 3.8) is 0 Å². The Morgan fingerprint density at radius 3 is 2.19 bits per heavy atom. The molecule has 1 aliphatic rings. The molecule has 0 aliphatic heterocycles. The van der Waals surface area contributed by atoms with Gasteiger partial charge >= 0.3 is 0 Å². The Kier molecular flexibility index (Phi) is 4.82. The van der Waals surface area contributed by atoms with Crippen molar-refractivity contribution in [2.75, 3.05) is 0 Å². The minimum atomic E-state index is -0.116. The molecule has 1 nitrogen and oxygen atoms in total. The molecule has 0 bridgehead atoms. The van der Waals surface area contributed by atoms with Gasteiger partial charge in [-0.2, -0.15) is 0 Å². The third-order valence-corrected chi connectivity index (χ3v) is 5.49. The van der Waals surface area contributed by atoms with Gasteiger partial charge in [-0.15, -0.1) is 0 Å². The first kappa shape index (κ1) is 16.5. The molecule has 1 aromatic rings. The van der Waals surface area contributed by atoms with Crippen LogP contribution < -0.4 is 5.73 Å². The molecule has 0 heterocycles. The Balaban J connectivity index is 2.15. The van der Waals surface area contributed by atoms with Gasteiger partial charge in [0, 0.05) is 5.54 Å². The van der Waals surface area contributed by atoms with Gasteiger partial charge in [0.1, 0.15) is 0 Å². The van der Waals surface area contributed by atoms with Crippen LogP contribution in [0.5, 0.6) is 0 Å². The Morgan fingerprint density at radius 1 is 1.05 bits per heavy atom. The molecular weight excluding hydrogens is 254 g/mol. The Labute approximate surface area is 131 Å². The predicted octanol–water partition coefficient (Wildman–Crippen LogP) is 5.59. The van der Waals surface area contributed by atoms with E-state index >= 15 is 0 Å². The molecule has 1 heteroatoms. The lowest BCUT2D eigenvalue weighted by atomic mass is 9.75. The van der Waals surface area contributed by atoms with E-state index in [1.165, 1.54) is 30.4 Å². The highest BCUT2D eigenvalue weighted by molar-refractivity contribution is 5.30. The zero-order chi connectivity index (χ0) is 15.7. The van der Waals surface area contributed by atoms with Crippen LogP contribution in [0.1, 0.15) is 83.8 Å². The third kappa shape index (κ3) is 3.88. The van der Waals surface area contributed by atoms with E-state index in [-0.39, 0.29) is 5.54 Å². The lowest BCUT2D eigenvalue weighted by molar-refractivity contribution is 0.211. The smallest absolute Gasteiger partial charge is 0.0409 e. The molecule has 1 fully saturated rings. The maximum absolute atomic E-state index is 6.81. The minimum Gasteiger partial charge on any atom is -0.321 e. The van der Waals surface area contributed by atoms with Crippen LogP contribution in [0.3, 0.4) is 0 Å². The van der Waals surface area contributed by atoms with Crippen LogP contribution in [0, 0.1) is 11.3 Å². The van der Waals surface area contributed by atoms with E-state index in [2.05, 4.69) is 58.9 Å². The monoisotopic (exact) mass is 287 g/mol.